The van der Waals surface area contributed by atoms with E-state index in [4.69, 9.17) is 0 Å². The summed E-state index contributed by atoms with van der Waals surface area (Å²) < 4.78 is 0. The van der Waals surface area contributed by atoms with Crippen LogP contribution in [-0.4, -0.2) is 9.97 Å². The third kappa shape index (κ3) is 1.30. The van der Waals surface area contributed by atoms with E-state index < -0.39 is 0 Å². The van der Waals surface area contributed by atoms with Crippen molar-refractivity contribution >= 4 is 0 Å². The first-order valence-corrected chi connectivity index (χ1v) is 4.38. The van der Waals surface area contributed by atoms with Gasteiger partial charge in [0.2, 0.25) is 0 Å². The molecule has 1 aromatic rings. The number of nitrogens with one attached hydrogen (secondary N) is 1. The van der Waals surface area contributed by atoms with Gasteiger partial charge in [0.05, 0.1) is 0 Å². The molecule has 0 spiro atoms. The van der Waals surface area contributed by atoms with Crippen LogP contribution in [0.2, 0.25) is 0 Å². The van der Waals surface area contributed by atoms with Crippen molar-refractivity contribution in [1.82, 2.24) is 9.97 Å². The van der Waals surface area contributed by atoms with Crippen molar-refractivity contribution in [3.05, 3.63) is 17.7 Å². The third-order valence-corrected chi connectivity index (χ3v) is 2.52. The number of H-pyrrole nitrogens is 1. The number of aryl methyl sites for hydroxylation is 1. The SMILES string of the molecule is Cc1ncc(C2CCCC2)[nH]1. The third-order valence-electron chi connectivity index (χ3n) is 2.52. The van der Waals surface area contributed by atoms with Gasteiger partial charge in [-0.1, -0.05) is 12.8 Å². The Morgan fingerprint density at radius 1 is 1.45 bits per heavy atom. The molecule has 1 fully saturated rings. The van der Waals surface area contributed by atoms with Crippen molar-refractivity contribution in [3.8, 4) is 0 Å². The van der Waals surface area contributed by atoms with Crippen molar-refractivity contribution in [3.63, 3.8) is 0 Å². The zero-order valence-electron chi connectivity index (χ0n) is 6.93. The van der Waals surface area contributed by atoms with Crippen LogP contribution >= 0.6 is 0 Å². The van der Waals surface area contributed by atoms with E-state index in [2.05, 4.69) is 9.97 Å². The Balaban J connectivity index is 2.15. The molecular weight excluding hydrogens is 136 g/mol. The second-order valence-electron chi connectivity index (χ2n) is 3.41. The van der Waals surface area contributed by atoms with E-state index in [9.17, 15) is 0 Å². The summed E-state index contributed by atoms with van der Waals surface area (Å²) in [6.07, 6.45) is 7.47. The van der Waals surface area contributed by atoms with E-state index in [0.717, 1.165) is 11.7 Å². The molecule has 0 radical (unpaired) electrons. The molecule has 1 aliphatic carbocycles. The summed E-state index contributed by atoms with van der Waals surface area (Å²) in [6.45, 7) is 2.01. The first kappa shape index (κ1) is 6.89. The standard InChI is InChI=1S/C9H14N2/c1-7-10-6-9(11-7)8-4-2-3-5-8/h6,8H,2-5H2,1H3,(H,10,11). The fraction of sp³-hybridized carbons (Fsp3) is 0.667. The minimum Gasteiger partial charge on any atom is -0.346 e. The van der Waals surface area contributed by atoms with Crippen LogP contribution in [0.4, 0.5) is 0 Å². The smallest absolute Gasteiger partial charge is 0.103 e. The zero-order chi connectivity index (χ0) is 7.68. The number of aromatic nitrogens is 2. The molecule has 0 aromatic carbocycles. The van der Waals surface area contributed by atoms with Gasteiger partial charge in [0.1, 0.15) is 5.82 Å². The summed E-state index contributed by atoms with van der Waals surface area (Å²) >= 11 is 0. The zero-order valence-corrected chi connectivity index (χ0v) is 6.93. The lowest BCUT2D eigenvalue weighted by molar-refractivity contribution is 0.701. The lowest BCUT2D eigenvalue weighted by Crippen LogP contribution is -1.91. The van der Waals surface area contributed by atoms with Crippen molar-refractivity contribution < 1.29 is 0 Å². The molecule has 1 saturated carbocycles. The molecule has 60 valence electrons. The molecule has 1 N–H and O–H groups in total. The number of hydrogen-bond donors (Lipinski definition) is 1. The first-order chi connectivity index (χ1) is 5.36. The van der Waals surface area contributed by atoms with Crippen molar-refractivity contribution in [2.75, 3.05) is 0 Å². The van der Waals surface area contributed by atoms with Gasteiger partial charge in [-0.05, 0) is 19.8 Å². The van der Waals surface area contributed by atoms with E-state index in [1.807, 2.05) is 13.1 Å². The first-order valence-electron chi connectivity index (χ1n) is 4.38. The number of aromatic amines is 1. The molecular formula is C9H14N2. The Kier molecular flexibility index (Phi) is 1.68. The van der Waals surface area contributed by atoms with Crippen LogP contribution in [-0.2, 0) is 0 Å². The number of rotatable bonds is 1. The molecule has 2 nitrogen and oxygen atoms in total. The Bertz CT molecular complexity index is 233. The second-order valence-corrected chi connectivity index (χ2v) is 3.41. The van der Waals surface area contributed by atoms with Crippen LogP contribution < -0.4 is 0 Å². The minimum absolute atomic E-state index is 0.774. The maximum Gasteiger partial charge on any atom is 0.103 e. The van der Waals surface area contributed by atoms with E-state index in [-0.39, 0.29) is 0 Å². The van der Waals surface area contributed by atoms with Crippen LogP contribution in [0.1, 0.15) is 43.1 Å². The summed E-state index contributed by atoms with van der Waals surface area (Å²) in [5.41, 5.74) is 1.35. The van der Waals surface area contributed by atoms with E-state index in [1.165, 1.54) is 31.4 Å². The molecule has 0 unspecified atom stereocenters. The van der Waals surface area contributed by atoms with Gasteiger partial charge in [0.15, 0.2) is 0 Å². The maximum absolute atomic E-state index is 4.21. The highest BCUT2D eigenvalue weighted by Crippen LogP contribution is 2.32. The highest BCUT2D eigenvalue weighted by atomic mass is 14.9. The largest absolute Gasteiger partial charge is 0.346 e. The second kappa shape index (κ2) is 2.68. The molecule has 0 saturated heterocycles. The molecule has 2 heteroatoms. The monoisotopic (exact) mass is 150 g/mol. The van der Waals surface area contributed by atoms with Crippen molar-refractivity contribution in [1.29, 1.82) is 0 Å². The average Bonchev–Trinajstić information content (AvgIpc) is 2.55. The molecule has 11 heavy (non-hydrogen) atoms. The lowest BCUT2D eigenvalue weighted by atomic mass is 10.1. The average molecular weight is 150 g/mol. The molecule has 0 aliphatic heterocycles. The van der Waals surface area contributed by atoms with Crippen LogP contribution in [0.3, 0.4) is 0 Å². The van der Waals surface area contributed by atoms with Gasteiger partial charge >= 0.3 is 0 Å². The van der Waals surface area contributed by atoms with Gasteiger partial charge < -0.3 is 4.98 Å². The van der Waals surface area contributed by atoms with Crippen molar-refractivity contribution in [2.45, 2.75) is 38.5 Å². The van der Waals surface area contributed by atoms with Gasteiger partial charge in [-0.3, -0.25) is 0 Å². The topological polar surface area (TPSA) is 28.7 Å². The quantitative estimate of drug-likeness (QED) is 0.654. The minimum atomic E-state index is 0.774. The lowest BCUT2D eigenvalue weighted by Gasteiger charge is -2.03. The molecule has 2 rings (SSSR count). The Labute approximate surface area is 67.0 Å². The molecule has 1 aromatic heterocycles. The summed E-state index contributed by atoms with van der Waals surface area (Å²) in [7, 11) is 0. The highest BCUT2D eigenvalue weighted by Gasteiger charge is 2.17. The van der Waals surface area contributed by atoms with E-state index in [0.29, 0.717) is 0 Å². The van der Waals surface area contributed by atoms with Crippen molar-refractivity contribution in [2.24, 2.45) is 0 Å². The van der Waals surface area contributed by atoms with Gasteiger partial charge in [0.25, 0.3) is 0 Å². The summed E-state index contributed by atoms with van der Waals surface area (Å²) in [4.78, 5) is 7.51. The van der Waals surface area contributed by atoms with Crippen LogP contribution in [0.5, 0.6) is 0 Å². The Morgan fingerprint density at radius 3 is 2.73 bits per heavy atom. The van der Waals surface area contributed by atoms with Gasteiger partial charge in [-0.2, -0.15) is 0 Å². The summed E-state index contributed by atoms with van der Waals surface area (Å²) in [6, 6.07) is 0. The number of hydrogen-bond acceptors (Lipinski definition) is 1. The molecule has 0 amide bonds. The predicted molar refractivity (Wildman–Crippen MR) is 44.5 cm³/mol. The maximum atomic E-state index is 4.21. The summed E-state index contributed by atoms with van der Waals surface area (Å²) in [5, 5.41) is 0. The normalized spacial score (nSPS) is 19.4. The van der Waals surface area contributed by atoms with Gasteiger partial charge in [0, 0.05) is 17.8 Å². The van der Waals surface area contributed by atoms with Gasteiger partial charge in [-0.25, -0.2) is 4.98 Å². The van der Waals surface area contributed by atoms with Crippen LogP contribution in [0.25, 0.3) is 0 Å². The Hall–Kier alpha value is -0.790. The number of imidazole rings is 1. The molecule has 0 bridgehead atoms. The number of nitrogens with zero attached hydrogens (tertiary/aromatic N) is 1. The Morgan fingerprint density at radius 2 is 2.18 bits per heavy atom. The van der Waals surface area contributed by atoms with Gasteiger partial charge in [-0.15, -0.1) is 0 Å². The molecule has 0 atom stereocenters. The fourth-order valence-corrected chi connectivity index (χ4v) is 1.88. The van der Waals surface area contributed by atoms with E-state index >= 15 is 0 Å². The van der Waals surface area contributed by atoms with E-state index in [1.54, 1.807) is 0 Å². The van der Waals surface area contributed by atoms with Crippen LogP contribution in [0, 0.1) is 6.92 Å². The van der Waals surface area contributed by atoms with Crippen LogP contribution in [0.15, 0.2) is 6.20 Å². The summed E-state index contributed by atoms with van der Waals surface area (Å²) in [5.74, 6) is 1.82. The predicted octanol–water partition coefficient (Wildman–Crippen LogP) is 2.38. The molecule has 1 heterocycles. The fourth-order valence-electron chi connectivity index (χ4n) is 1.88. The highest BCUT2D eigenvalue weighted by molar-refractivity contribution is 5.08. The molecule has 1 aliphatic rings.